The van der Waals surface area contributed by atoms with Gasteiger partial charge in [0.1, 0.15) is 10.8 Å². The number of ether oxygens (including phenoxy) is 1. The molecule has 1 fully saturated rings. The first-order chi connectivity index (χ1) is 8.59. The van der Waals surface area contributed by atoms with Crippen molar-refractivity contribution in [1.29, 1.82) is 0 Å². The molecule has 1 atom stereocenters. The average Bonchev–Trinajstić information content (AvgIpc) is 2.36. The Hall–Kier alpha value is -1.20. The molecule has 1 saturated heterocycles. The third kappa shape index (κ3) is 2.79. The molecular weight excluding hydrogens is 256 g/mol. The number of carbonyl (C=O) groups is 1. The number of ketones is 1. The second kappa shape index (κ2) is 5.63. The molecule has 0 saturated carbocycles. The number of hydrogen-bond acceptors (Lipinski definition) is 4. The molecule has 1 unspecified atom stereocenters. The van der Waals surface area contributed by atoms with E-state index in [0.29, 0.717) is 12.2 Å². The van der Waals surface area contributed by atoms with Crippen LogP contribution in [0.2, 0.25) is 5.02 Å². The van der Waals surface area contributed by atoms with Crippen LogP contribution in [-0.2, 0) is 16.0 Å². The number of hydrogen-bond donors (Lipinski definition) is 0. The molecule has 1 aromatic rings. The average molecular weight is 271 g/mol. The van der Waals surface area contributed by atoms with E-state index in [2.05, 4.69) is 5.10 Å². The Morgan fingerprint density at radius 1 is 1.61 bits per heavy atom. The van der Waals surface area contributed by atoms with Crippen LogP contribution in [0.3, 0.4) is 0 Å². The molecular formula is C12H15ClN2O3. The first-order valence-electron chi connectivity index (χ1n) is 5.97. The van der Waals surface area contributed by atoms with Crippen LogP contribution in [0, 0.1) is 0 Å². The van der Waals surface area contributed by atoms with Crippen LogP contribution in [0.1, 0.15) is 38.0 Å². The van der Waals surface area contributed by atoms with Crippen molar-refractivity contribution < 1.29 is 9.53 Å². The second-order valence-electron chi connectivity index (χ2n) is 4.43. The molecule has 2 rings (SSSR count). The van der Waals surface area contributed by atoms with E-state index in [0.717, 1.165) is 19.3 Å². The fourth-order valence-electron chi connectivity index (χ4n) is 1.99. The summed E-state index contributed by atoms with van der Waals surface area (Å²) in [5, 5.41) is 4.12. The second-order valence-corrected chi connectivity index (χ2v) is 4.81. The molecule has 0 aromatic carbocycles. The van der Waals surface area contributed by atoms with Gasteiger partial charge in [-0.15, -0.1) is 0 Å². The van der Waals surface area contributed by atoms with Gasteiger partial charge in [0.25, 0.3) is 5.56 Å². The van der Waals surface area contributed by atoms with Crippen molar-refractivity contribution in [1.82, 2.24) is 9.78 Å². The van der Waals surface area contributed by atoms with Crippen LogP contribution in [0.15, 0.2) is 11.0 Å². The lowest BCUT2D eigenvalue weighted by Crippen LogP contribution is -2.32. The highest BCUT2D eigenvalue weighted by atomic mass is 35.5. The minimum Gasteiger partial charge on any atom is -0.356 e. The predicted molar refractivity (Wildman–Crippen MR) is 66.7 cm³/mol. The molecule has 0 amide bonds. The van der Waals surface area contributed by atoms with Crippen molar-refractivity contribution in [2.24, 2.45) is 0 Å². The fourth-order valence-corrected chi connectivity index (χ4v) is 2.19. The number of halogens is 1. The summed E-state index contributed by atoms with van der Waals surface area (Å²) < 4.78 is 6.76. The quantitative estimate of drug-likeness (QED) is 0.839. The Kier molecular flexibility index (Phi) is 4.14. The maximum atomic E-state index is 12.0. The van der Waals surface area contributed by atoms with Crippen LogP contribution in [-0.4, -0.2) is 22.2 Å². The molecule has 6 heteroatoms. The minimum atomic E-state index is -0.387. The number of rotatable bonds is 3. The highest BCUT2D eigenvalue weighted by Gasteiger charge is 2.20. The van der Waals surface area contributed by atoms with Gasteiger partial charge < -0.3 is 4.74 Å². The molecule has 5 nitrogen and oxygen atoms in total. The lowest BCUT2D eigenvalue weighted by atomic mass is 10.1. The van der Waals surface area contributed by atoms with E-state index < -0.39 is 0 Å². The molecule has 18 heavy (non-hydrogen) atoms. The molecule has 1 aromatic heterocycles. The maximum Gasteiger partial charge on any atom is 0.288 e. The summed E-state index contributed by atoms with van der Waals surface area (Å²) in [5.41, 5.74) is 0.0866. The van der Waals surface area contributed by atoms with Crippen LogP contribution < -0.4 is 5.56 Å². The smallest absolute Gasteiger partial charge is 0.288 e. The Balaban J connectivity index is 2.31. The van der Waals surface area contributed by atoms with Crippen molar-refractivity contribution in [3.8, 4) is 0 Å². The zero-order chi connectivity index (χ0) is 13.1. The van der Waals surface area contributed by atoms with Crippen molar-refractivity contribution >= 4 is 17.4 Å². The van der Waals surface area contributed by atoms with Crippen LogP contribution in [0.25, 0.3) is 0 Å². The Labute approximate surface area is 110 Å². The van der Waals surface area contributed by atoms with Gasteiger partial charge in [0.15, 0.2) is 6.23 Å². The topological polar surface area (TPSA) is 61.2 Å². The maximum absolute atomic E-state index is 12.0. The van der Waals surface area contributed by atoms with Gasteiger partial charge >= 0.3 is 0 Å². The van der Waals surface area contributed by atoms with Gasteiger partial charge in [0.2, 0.25) is 0 Å². The van der Waals surface area contributed by atoms with Crippen molar-refractivity contribution in [3.05, 3.63) is 27.1 Å². The van der Waals surface area contributed by atoms with Gasteiger partial charge in [-0.3, -0.25) is 9.59 Å². The van der Waals surface area contributed by atoms with Gasteiger partial charge in [-0.1, -0.05) is 11.6 Å². The monoisotopic (exact) mass is 270 g/mol. The standard InChI is InChI=1S/C12H15ClN2O3/c1-8(16)6-9-7-14-15(12(17)11(9)13)10-4-2-3-5-18-10/h7,10H,2-6H2,1H3. The van der Waals surface area contributed by atoms with E-state index in [9.17, 15) is 9.59 Å². The normalized spacial score (nSPS) is 19.8. The van der Waals surface area contributed by atoms with E-state index in [1.807, 2.05) is 0 Å². The Morgan fingerprint density at radius 2 is 2.39 bits per heavy atom. The number of aromatic nitrogens is 2. The van der Waals surface area contributed by atoms with Crippen molar-refractivity contribution in [3.63, 3.8) is 0 Å². The van der Waals surface area contributed by atoms with Gasteiger partial charge in [0, 0.05) is 18.6 Å². The largest absolute Gasteiger partial charge is 0.356 e. The van der Waals surface area contributed by atoms with Crippen LogP contribution in [0.4, 0.5) is 0 Å². The molecule has 0 N–H and O–H groups in total. The zero-order valence-corrected chi connectivity index (χ0v) is 10.9. The molecule has 2 heterocycles. The first kappa shape index (κ1) is 13.2. The highest BCUT2D eigenvalue weighted by Crippen LogP contribution is 2.21. The molecule has 0 aliphatic carbocycles. The van der Waals surface area contributed by atoms with E-state index in [1.165, 1.54) is 17.8 Å². The minimum absolute atomic E-state index is 0.0511. The summed E-state index contributed by atoms with van der Waals surface area (Å²) in [5.74, 6) is -0.0511. The van der Waals surface area contributed by atoms with E-state index in [4.69, 9.17) is 16.3 Å². The van der Waals surface area contributed by atoms with Crippen molar-refractivity contribution in [2.75, 3.05) is 6.61 Å². The molecule has 98 valence electrons. The predicted octanol–water partition coefficient (Wildman–Crippen LogP) is 1.73. The van der Waals surface area contributed by atoms with Crippen LogP contribution >= 0.6 is 11.6 Å². The van der Waals surface area contributed by atoms with Gasteiger partial charge in [0.05, 0.1) is 6.20 Å². The van der Waals surface area contributed by atoms with Crippen molar-refractivity contribution in [2.45, 2.75) is 38.8 Å². The van der Waals surface area contributed by atoms with Gasteiger partial charge in [-0.05, 0) is 26.2 Å². The SMILES string of the molecule is CC(=O)Cc1cnn(C2CCCCO2)c(=O)c1Cl. The lowest BCUT2D eigenvalue weighted by molar-refractivity contribution is -0.116. The summed E-state index contributed by atoms with van der Waals surface area (Å²) in [7, 11) is 0. The molecule has 0 radical (unpaired) electrons. The summed E-state index contributed by atoms with van der Waals surface area (Å²) in [6.45, 7) is 2.08. The van der Waals surface area contributed by atoms with Crippen LogP contribution in [0.5, 0.6) is 0 Å². The summed E-state index contributed by atoms with van der Waals surface area (Å²) in [4.78, 5) is 23.1. The van der Waals surface area contributed by atoms with E-state index >= 15 is 0 Å². The first-order valence-corrected chi connectivity index (χ1v) is 6.34. The highest BCUT2D eigenvalue weighted by molar-refractivity contribution is 6.31. The van der Waals surface area contributed by atoms with Gasteiger partial charge in [-0.2, -0.15) is 9.78 Å². The van der Waals surface area contributed by atoms with E-state index in [1.54, 1.807) is 0 Å². The third-order valence-electron chi connectivity index (χ3n) is 2.88. The third-order valence-corrected chi connectivity index (χ3v) is 3.29. The summed E-state index contributed by atoms with van der Waals surface area (Å²) in [6.07, 6.45) is 4.04. The number of carbonyl (C=O) groups excluding carboxylic acids is 1. The lowest BCUT2D eigenvalue weighted by Gasteiger charge is -2.23. The summed E-state index contributed by atoms with van der Waals surface area (Å²) in [6, 6.07) is 0. The molecule has 0 bridgehead atoms. The molecule has 0 spiro atoms. The molecule has 1 aliphatic heterocycles. The van der Waals surface area contributed by atoms with E-state index in [-0.39, 0.29) is 29.0 Å². The Morgan fingerprint density at radius 3 is 3.00 bits per heavy atom. The molecule has 1 aliphatic rings. The number of nitrogens with zero attached hydrogens (tertiary/aromatic N) is 2. The number of Topliss-reactive ketones (excluding diaryl/α,β-unsaturated/α-hetero) is 1. The summed E-state index contributed by atoms with van der Waals surface area (Å²) >= 11 is 5.98. The Bertz CT molecular complexity index is 507. The van der Waals surface area contributed by atoms with Gasteiger partial charge in [-0.25, -0.2) is 0 Å². The fraction of sp³-hybridized carbons (Fsp3) is 0.583. The zero-order valence-electron chi connectivity index (χ0n) is 10.2.